The average Bonchev–Trinajstić information content (AvgIpc) is 2.84. The molecule has 1 unspecified atom stereocenters. The Morgan fingerprint density at radius 1 is 1.61 bits per heavy atom. The van der Waals surface area contributed by atoms with Gasteiger partial charge in [-0.2, -0.15) is 0 Å². The smallest absolute Gasteiger partial charge is 0.223 e. The summed E-state index contributed by atoms with van der Waals surface area (Å²) in [6.07, 6.45) is 5.61. The molecule has 1 heterocycles. The van der Waals surface area contributed by atoms with E-state index in [9.17, 15) is 9.90 Å². The second-order valence-corrected chi connectivity index (χ2v) is 6.35. The summed E-state index contributed by atoms with van der Waals surface area (Å²) in [5.41, 5.74) is -0.841. The predicted molar refractivity (Wildman–Crippen MR) is 76.4 cm³/mol. The summed E-state index contributed by atoms with van der Waals surface area (Å²) in [7, 11) is 0. The van der Waals surface area contributed by atoms with E-state index in [4.69, 9.17) is 4.42 Å². The molecule has 100 valence electrons. The molecule has 1 aromatic rings. The summed E-state index contributed by atoms with van der Waals surface area (Å²) in [5, 5.41) is 13.3. The molecule has 2 rings (SSSR count). The molecule has 0 aromatic carbocycles. The van der Waals surface area contributed by atoms with Crippen LogP contribution in [0.25, 0.3) is 0 Å². The number of carbonyl (C=O) groups excluding carboxylic acids is 1. The monoisotopic (exact) mass is 363 g/mol. The average molecular weight is 363 g/mol. The number of alkyl halides is 1. The molecule has 0 spiro atoms. The van der Waals surface area contributed by atoms with Crippen molar-refractivity contribution in [3.63, 3.8) is 0 Å². The Labute approximate surface area is 120 Å². The molecule has 2 atom stereocenters. The van der Waals surface area contributed by atoms with Crippen LogP contribution < -0.4 is 5.32 Å². The van der Waals surface area contributed by atoms with Gasteiger partial charge in [-0.3, -0.25) is 4.79 Å². The van der Waals surface area contributed by atoms with Crippen LogP contribution >= 0.6 is 22.6 Å². The van der Waals surface area contributed by atoms with E-state index in [0.29, 0.717) is 6.54 Å². The van der Waals surface area contributed by atoms with E-state index in [1.165, 1.54) is 0 Å². The maximum absolute atomic E-state index is 11.8. The molecule has 0 aliphatic heterocycles. The second kappa shape index (κ2) is 6.06. The minimum atomic E-state index is -0.841. The van der Waals surface area contributed by atoms with Gasteiger partial charge in [0.05, 0.1) is 24.8 Å². The molecule has 0 radical (unpaired) electrons. The number of rotatable bonds is 4. The van der Waals surface area contributed by atoms with Crippen molar-refractivity contribution in [3.05, 3.63) is 24.2 Å². The highest BCUT2D eigenvalue weighted by Crippen LogP contribution is 2.36. The molecule has 4 nitrogen and oxygen atoms in total. The molecule has 1 aliphatic carbocycles. The highest BCUT2D eigenvalue weighted by atomic mass is 127. The van der Waals surface area contributed by atoms with Gasteiger partial charge in [-0.25, -0.2) is 0 Å². The van der Waals surface area contributed by atoms with Crippen LogP contribution in [0.3, 0.4) is 0 Å². The highest BCUT2D eigenvalue weighted by Gasteiger charge is 2.38. The first-order chi connectivity index (χ1) is 8.60. The highest BCUT2D eigenvalue weighted by molar-refractivity contribution is 14.1. The van der Waals surface area contributed by atoms with Gasteiger partial charge in [0.1, 0.15) is 5.76 Å². The van der Waals surface area contributed by atoms with Gasteiger partial charge in [-0.05, 0) is 25.0 Å². The van der Waals surface area contributed by atoms with Crippen molar-refractivity contribution >= 4 is 28.5 Å². The number of carbonyl (C=O) groups is 1. The Hall–Kier alpha value is -0.560. The van der Waals surface area contributed by atoms with Crippen LogP contribution in [0.5, 0.6) is 0 Å². The molecule has 1 fully saturated rings. The van der Waals surface area contributed by atoms with Crippen molar-refractivity contribution in [2.45, 2.75) is 48.2 Å². The summed E-state index contributed by atoms with van der Waals surface area (Å²) in [4.78, 5) is 11.8. The summed E-state index contributed by atoms with van der Waals surface area (Å²) >= 11 is 2.26. The first kappa shape index (κ1) is 13.9. The van der Waals surface area contributed by atoms with Crippen LogP contribution in [0.15, 0.2) is 22.8 Å². The number of furan rings is 1. The fourth-order valence-corrected chi connectivity index (χ4v) is 3.29. The molecular formula is C13H18INO3. The molecule has 5 heteroatoms. The molecule has 1 amide bonds. The lowest BCUT2D eigenvalue weighted by molar-refractivity contribution is -0.127. The lowest BCUT2D eigenvalue weighted by Gasteiger charge is -2.36. The third kappa shape index (κ3) is 3.47. The van der Waals surface area contributed by atoms with Crippen LogP contribution in [-0.4, -0.2) is 20.5 Å². The molecule has 1 aromatic heterocycles. The van der Waals surface area contributed by atoms with Crippen molar-refractivity contribution in [1.82, 2.24) is 5.32 Å². The van der Waals surface area contributed by atoms with Crippen LogP contribution in [0.2, 0.25) is 0 Å². The molecule has 0 saturated heterocycles. The van der Waals surface area contributed by atoms with Gasteiger partial charge < -0.3 is 14.8 Å². The number of amides is 1. The number of nitrogens with one attached hydrogen (secondary N) is 1. The minimum Gasteiger partial charge on any atom is -0.467 e. The summed E-state index contributed by atoms with van der Waals surface area (Å²) in [6.45, 7) is 0.383. The zero-order chi connectivity index (χ0) is 13.0. The maximum atomic E-state index is 11.8. The van der Waals surface area contributed by atoms with Gasteiger partial charge in [-0.15, -0.1) is 0 Å². The van der Waals surface area contributed by atoms with Crippen molar-refractivity contribution in [1.29, 1.82) is 0 Å². The number of aliphatic hydroxyl groups is 1. The van der Waals surface area contributed by atoms with Crippen molar-refractivity contribution < 1.29 is 14.3 Å². The summed E-state index contributed by atoms with van der Waals surface area (Å²) in [5.74, 6) is 0.613. The standard InChI is InChI=1S/C13H18INO3/c14-11-5-1-2-6-13(11,17)8-12(16)15-9-10-4-3-7-18-10/h3-4,7,11,17H,1-2,5-6,8-9H2,(H,15,16)/t11-,13?/m0/s1. The molecular weight excluding hydrogens is 345 g/mol. The zero-order valence-corrected chi connectivity index (χ0v) is 12.4. The fraction of sp³-hybridized carbons (Fsp3) is 0.615. The molecule has 1 saturated carbocycles. The predicted octanol–water partition coefficient (Wildman–Crippen LogP) is 2.39. The normalized spacial score (nSPS) is 28.0. The molecule has 1 aliphatic rings. The number of hydrogen-bond donors (Lipinski definition) is 2. The van der Waals surface area contributed by atoms with Gasteiger partial charge in [-0.1, -0.05) is 35.4 Å². The van der Waals surface area contributed by atoms with E-state index >= 15 is 0 Å². The van der Waals surface area contributed by atoms with Crippen LogP contribution in [-0.2, 0) is 11.3 Å². The van der Waals surface area contributed by atoms with Gasteiger partial charge >= 0.3 is 0 Å². The quantitative estimate of drug-likeness (QED) is 0.638. The Kier molecular flexibility index (Phi) is 4.66. The topological polar surface area (TPSA) is 62.5 Å². The Balaban J connectivity index is 1.82. The number of halogens is 1. The van der Waals surface area contributed by atoms with Gasteiger partial charge in [0.15, 0.2) is 0 Å². The number of hydrogen-bond acceptors (Lipinski definition) is 3. The van der Waals surface area contributed by atoms with E-state index in [-0.39, 0.29) is 16.3 Å². The van der Waals surface area contributed by atoms with Crippen molar-refractivity contribution in [2.75, 3.05) is 0 Å². The third-order valence-electron chi connectivity index (χ3n) is 3.41. The SMILES string of the molecule is O=C(CC1(O)CCCC[C@@H]1I)NCc1ccco1. The maximum Gasteiger partial charge on any atom is 0.223 e. The van der Waals surface area contributed by atoms with Crippen LogP contribution in [0.4, 0.5) is 0 Å². The zero-order valence-electron chi connectivity index (χ0n) is 10.2. The Bertz CT molecular complexity index is 393. The fourth-order valence-electron chi connectivity index (χ4n) is 2.32. The first-order valence-electron chi connectivity index (χ1n) is 6.26. The summed E-state index contributed by atoms with van der Waals surface area (Å²) in [6, 6.07) is 3.60. The van der Waals surface area contributed by atoms with Crippen LogP contribution in [0, 0.1) is 0 Å². The third-order valence-corrected chi connectivity index (χ3v) is 5.19. The summed E-state index contributed by atoms with van der Waals surface area (Å²) < 4.78 is 5.31. The van der Waals surface area contributed by atoms with E-state index in [1.54, 1.807) is 12.3 Å². The minimum absolute atomic E-state index is 0.113. The van der Waals surface area contributed by atoms with E-state index in [2.05, 4.69) is 27.9 Å². The second-order valence-electron chi connectivity index (χ2n) is 4.85. The van der Waals surface area contributed by atoms with Crippen molar-refractivity contribution in [2.24, 2.45) is 0 Å². The first-order valence-corrected chi connectivity index (χ1v) is 7.50. The van der Waals surface area contributed by atoms with Gasteiger partial charge in [0, 0.05) is 3.92 Å². The lowest BCUT2D eigenvalue weighted by Crippen LogP contribution is -2.45. The van der Waals surface area contributed by atoms with Crippen LogP contribution in [0.1, 0.15) is 37.9 Å². The van der Waals surface area contributed by atoms with E-state index in [1.807, 2.05) is 6.07 Å². The van der Waals surface area contributed by atoms with E-state index in [0.717, 1.165) is 31.4 Å². The van der Waals surface area contributed by atoms with Gasteiger partial charge in [0.25, 0.3) is 0 Å². The largest absolute Gasteiger partial charge is 0.467 e. The molecule has 18 heavy (non-hydrogen) atoms. The lowest BCUT2D eigenvalue weighted by atomic mass is 9.82. The Morgan fingerprint density at radius 3 is 3.11 bits per heavy atom. The van der Waals surface area contributed by atoms with E-state index < -0.39 is 5.60 Å². The van der Waals surface area contributed by atoms with Crippen molar-refractivity contribution in [3.8, 4) is 0 Å². The molecule has 0 bridgehead atoms. The van der Waals surface area contributed by atoms with Gasteiger partial charge in [0.2, 0.25) is 5.91 Å². The molecule has 2 N–H and O–H groups in total. The Morgan fingerprint density at radius 2 is 2.44 bits per heavy atom.